The van der Waals surface area contributed by atoms with Gasteiger partial charge in [-0.25, -0.2) is 4.79 Å². The number of carbonyl (C=O) groups is 2. The van der Waals surface area contributed by atoms with Crippen LogP contribution in [-0.4, -0.2) is 61.2 Å². The van der Waals surface area contributed by atoms with Gasteiger partial charge in [0, 0.05) is 12.3 Å². The Bertz CT molecular complexity index is 1100. The van der Waals surface area contributed by atoms with Gasteiger partial charge >= 0.3 is 17.6 Å². The maximum Gasteiger partial charge on any atom is 0.330 e. The van der Waals surface area contributed by atoms with Crippen LogP contribution in [-0.2, 0) is 19.1 Å². The fourth-order valence-corrected chi connectivity index (χ4v) is 6.27. The molecule has 1 aliphatic rings. The highest BCUT2D eigenvalue weighted by Crippen LogP contribution is 2.41. The van der Waals surface area contributed by atoms with E-state index in [1.807, 2.05) is 0 Å². The van der Waals surface area contributed by atoms with E-state index in [1.54, 1.807) is 0 Å². The zero-order valence-corrected chi connectivity index (χ0v) is 28.1. The van der Waals surface area contributed by atoms with E-state index in [0.29, 0.717) is 6.42 Å². The first-order valence-electron chi connectivity index (χ1n) is 17.9. The van der Waals surface area contributed by atoms with Gasteiger partial charge in [-0.2, -0.15) is 0 Å². The average molecular weight is 653 g/mol. The van der Waals surface area contributed by atoms with Crippen LogP contribution in [0.1, 0.15) is 161 Å². The number of aliphatic carboxylic acids is 1. The third-order valence-corrected chi connectivity index (χ3v) is 9.08. The molecule has 4 atom stereocenters. The lowest BCUT2D eigenvalue weighted by Gasteiger charge is -2.31. The average Bonchev–Trinajstić information content (AvgIpc) is 3.27. The molecule has 0 saturated carbocycles. The van der Waals surface area contributed by atoms with Crippen LogP contribution in [0.4, 0.5) is 0 Å². The summed E-state index contributed by atoms with van der Waals surface area (Å²) in [5.74, 6) is -1.92. The predicted octanol–water partition coefficient (Wildman–Crippen LogP) is 6.15. The van der Waals surface area contributed by atoms with Crippen LogP contribution in [0.25, 0.3) is 0 Å². The van der Waals surface area contributed by atoms with Crippen LogP contribution < -0.4 is 11.2 Å². The van der Waals surface area contributed by atoms with Crippen molar-refractivity contribution in [1.29, 1.82) is 0 Å². The molecule has 2 rings (SSSR count). The van der Waals surface area contributed by atoms with Crippen LogP contribution in [0.3, 0.4) is 0 Å². The second-order valence-corrected chi connectivity index (χ2v) is 13.0. The molecule has 2 heterocycles. The fraction of sp³-hybridized carbons (Fsp3) is 0.829. The Balaban J connectivity index is 1.64. The number of rotatable bonds is 27. The second kappa shape index (κ2) is 22.9. The number of carboxylic acid groups (broad SMARTS) is 1. The predicted molar refractivity (Wildman–Crippen MR) is 177 cm³/mol. The van der Waals surface area contributed by atoms with Crippen LogP contribution in [0.5, 0.6) is 0 Å². The Morgan fingerprint density at radius 3 is 1.76 bits per heavy atom. The zero-order valence-electron chi connectivity index (χ0n) is 28.1. The molecule has 0 amide bonds. The summed E-state index contributed by atoms with van der Waals surface area (Å²) < 4.78 is 11.9. The van der Waals surface area contributed by atoms with E-state index in [2.05, 4.69) is 11.9 Å². The SMILES string of the molecule is CCCCCCCCCCCCCCCCCCCCCC[C@@]1(O)[C@H](O)[C@@H](COC(=O)CCC(=O)O)O[C@H]1n1ccc(=O)[nH]c1=O. The summed E-state index contributed by atoms with van der Waals surface area (Å²) in [7, 11) is 0. The van der Waals surface area contributed by atoms with Crippen molar-refractivity contribution in [3.05, 3.63) is 33.1 Å². The summed E-state index contributed by atoms with van der Waals surface area (Å²) >= 11 is 0. The van der Waals surface area contributed by atoms with E-state index in [-0.39, 0.29) is 12.8 Å². The number of nitrogens with zero attached hydrogens (tertiary/aromatic N) is 1. The number of aromatic amines is 1. The molecule has 11 nitrogen and oxygen atoms in total. The minimum atomic E-state index is -1.87. The lowest BCUT2D eigenvalue weighted by molar-refractivity contribution is -0.152. The lowest BCUT2D eigenvalue weighted by atomic mass is 9.88. The first-order valence-corrected chi connectivity index (χ1v) is 17.9. The molecular formula is C35H60N2O9. The molecule has 0 aromatic carbocycles. The zero-order chi connectivity index (χ0) is 33.6. The molecule has 1 fully saturated rings. The number of unbranched alkanes of at least 4 members (excludes halogenated alkanes) is 19. The number of carboxylic acids is 1. The van der Waals surface area contributed by atoms with Crippen molar-refractivity contribution < 1.29 is 34.4 Å². The maximum absolute atomic E-state index is 12.5. The van der Waals surface area contributed by atoms with Crippen molar-refractivity contribution in [3.8, 4) is 0 Å². The minimum absolute atomic E-state index is 0.132. The molecule has 0 radical (unpaired) electrons. The standard InChI is InChI=1S/C35H60N2O9/c1-2-3-4-5-6-7-8-9-10-11-12-13-14-15-16-17-18-19-20-21-25-35(44)32(42)28(27-45-31(41)23-22-30(39)40)46-33(35)37-26-24-29(38)36-34(37)43/h24,26,28,32-33,42,44H,2-23,25,27H2,1H3,(H,39,40)(H,36,38,43)/t28-,32-,33-,35-/m1/s1. The molecule has 1 aromatic heterocycles. The Morgan fingerprint density at radius 1 is 0.826 bits per heavy atom. The van der Waals surface area contributed by atoms with Crippen LogP contribution in [0.15, 0.2) is 21.9 Å². The summed E-state index contributed by atoms with van der Waals surface area (Å²) in [5, 5.41) is 31.4. The number of ether oxygens (including phenoxy) is 2. The van der Waals surface area contributed by atoms with Gasteiger partial charge in [0.2, 0.25) is 0 Å². The first-order chi connectivity index (χ1) is 22.2. The molecule has 0 spiro atoms. The van der Waals surface area contributed by atoms with Gasteiger partial charge in [0.05, 0.1) is 12.8 Å². The Labute approximate surface area is 274 Å². The Hall–Kier alpha value is -2.50. The van der Waals surface area contributed by atoms with E-state index in [9.17, 15) is 29.4 Å². The summed E-state index contributed by atoms with van der Waals surface area (Å²) in [4.78, 5) is 48.8. The van der Waals surface area contributed by atoms with Crippen LogP contribution in [0.2, 0.25) is 0 Å². The monoisotopic (exact) mass is 652 g/mol. The molecule has 4 N–H and O–H groups in total. The normalized spacial score (nSPS) is 21.1. The number of nitrogens with one attached hydrogen (secondary N) is 1. The molecule has 1 aromatic rings. The number of aromatic nitrogens is 2. The quantitative estimate of drug-likeness (QED) is 0.0644. The largest absolute Gasteiger partial charge is 0.481 e. The van der Waals surface area contributed by atoms with Crippen LogP contribution >= 0.6 is 0 Å². The lowest BCUT2D eigenvalue weighted by Crippen LogP contribution is -2.49. The van der Waals surface area contributed by atoms with E-state index < -0.39 is 60.3 Å². The van der Waals surface area contributed by atoms with Gasteiger partial charge in [-0.05, 0) is 6.42 Å². The van der Waals surface area contributed by atoms with E-state index in [1.165, 1.54) is 109 Å². The summed E-state index contributed by atoms with van der Waals surface area (Å²) in [6, 6.07) is 1.12. The number of carbonyl (C=O) groups excluding carboxylic acids is 1. The topological polar surface area (TPSA) is 168 Å². The number of aliphatic hydroxyl groups is 2. The molecule has 11 heteroatoms. The summed E-state index contributed by atoms with van der Waals surface area (Å²) in [6.07, 6.45) is 21.6. The van der Waals surface area contributed by atoms with Crippen molar-refractivity contribution in [3.63, 3.8) is 0 Å². The highest BCUT2D eigenvalue weighted by Gasteiger charge is 2.56. The van der Waals surface area contributed by atoms with Gasteiger partial charge in [-0.1, -0.05) is 135 Å². The maximum atomic E-state index is 12.5. The van der Waals surface area contributed by atoms with E-state index in [4.69, 9.17) is 14.6 Å². The van der Waals surface area contributed by atoms with Crippen molar-refractivity contribution in [2.45, 2.75) is 179 Å². The van der Waals surface area contributed by atoms with Gasteiger partial charge in [0.25, 0.3) is 5.56 Å². The second-order valence-electron chi connectivity index (χ2n) is 13.0. The van der Waals surface area contributed by atoms with Gasteiger partial charge in [0.1, 0.15) is 24.4 Å². The van der Waals surface area contributed by atoms with Gasteiger partial charge in [-0.15, -0.1) is 0 Å². The van der Waals surface area contributed by atoms with Gasteiger partial charge in [0.15, 0.2) is 6.23 Å². The summed E-state index contributed by atoms with van der Waals surface area (Å²) in [5.41, 5.74) is -3.28. The molecule has 264 valence electrons. The first kappa shape index (κ1) is 39.7. The number of aliphatic hydroxyl groups excluding tert-OH is 1. The smallest absolute Gasteiger partial charge is 0.330 e. The highest BCUT2D eigenvalue weighted by molar-refractivity contribution is 5.76. The molecule has 0 aliphatic carbocycles. The Morgan fingerprint density at radius 2 is 1.30 bits per heavy atom. The number of H-pyrrole nitrogens is 1. The van der Waals surface area contributed by atoms with Crippen molar-refractivity contribution in [2.75, 3.05) is 6.61 Å². The van der Waals surface area contributed by atoms with Crippen molar-refractivity contribution in [1.82, 2.24) is 9.55 Å². The summed E-state index contributed by atoms with van der Waals surface area (Å²) in [6.45, 7) is 1.84. The molecule has 1 saturated heterocycles. The molecular weight excluding hydrogens is 592 g/mol. The third kappa shape index (κ3) is 14.9. The molecule has 0 bridgehead atoms. The third-order valence-electron chi connectivity index (χ3n) is 9.08. The fourth-order valence-electron chi connectivity index (χ4n) is 6.27. The minimum Gasteiger partial charge on any atom is -0.481 e. The van der Waals surface area contributed by atoms with Gasteiger partial charge < -0.3 is 24.8 Å². The van der Waals surface area contributed by atoms with E-state index >= 15 is 0 Å². The number of hydrogen-bond acceptors (Lipinski definition) is 8. The van der Waals surface area contributed by atoms with Crippen molar-refractivity contribution in [2.24, 2.45) is 0 Å². The Kier molecular flexibility index (Phi) is 19.8. The van der Waals surface area contributed by atoms with Crippen LogP contribution in [0, 0.1) is 0 Å². The number of esters is 1. The van der Waals surface area contributed by atoms with E-state index in [0.717, 1.165) is 29.9 Å². The van der Waals surface area contributed by atoms with Crippen molar-refractivity contribution >= 4 is 11.9 Å². The highest BCUT2D eigenvalue weighted by atomic mass is 16.6. The molecule has 1 aliphatic heterocycles. The molecule has 46 heavy (non-hydrogen) atoms. The van der Waals surface area contributed by atoms with Gasteiger partial charge in [-0.3, -0.25) is 23.9 Å². The molecule has 0 unspecified atom stereocenters. The number of hydrogen-bond donors (Lipinski definition) is 4.